The number of hydrogen-bond donors (Lipinski definition) is 2. The standard InChI is InChI=1S/C15H18N2O3/c18-14-6-4-11-8-10(3-5-12(11)16-14)9-17-7-1-2-13(17)15(19)20/h3,5,8,13H,1-2,4,6-7,9H2,(H,16,18)(H,19,20). The lowest BCUT2D eigenvalue weighted by Crippen LogP contribution is -2.35. The molecule has 0 saturated carbocycles. The number of fused-ring (bicyclic) bond motifs is 1. The van der Waals surface area contributed by atoms with Crippen LogP contribution in [0, 0.1) is 0 Å². The number of aliphatic carboxylic acids is 1. The number of nitrogens with one attached hydrogen (secondary N) is 1. The topological polar surface area (TPSA) is 69.6 Å². The van der Waals surface area contributed by atoms with E-state index in [1.165, 1.54) is 0 Å². The maximum absolute atomic E-state index is 11.3. The summed E-state index contributed by atoms with van der Waals surface area (Å²) in [6.45, 7) is 1.50. The molecular weight excluding hydrogens is 256 g/mol. The first-order chi connectivity index (χ1) is 9.63. The molecule has 2 N–H and O–H groups in total. The fourth-order valence-corrected chi connectivity index (χ4v) is 3.06. The molecule has 2 aliphatic rings. The Morgan fingerprint density at radius 3 is 3.05 bits per heavy atom. The lowest BCUT2D eigenvalue weighted by Gasteiger charge is -2.23. The Labute approximate surface area is 117 Å². The van der Waals surface area contributed by atoms with Crippen LogP contribution in [0.25, 0.3) is 0 Å². The summed E-state index contributed by atoms with van der Waals surface area (Å²) in [5, 5.41) is 12.1. The molecule has 0 radical (unpaired) electrons. The molecule has 0 spiro atoms. The predicted molar refractivity (Wildman–Crippen MR) is 74.5 cm³/mol. The summed E-state index contributed by atoms with van der Waals surface area (Å²) in [6, 6.07) is 5.63. The summed E-state index contributed by atoms with van der Waals surface area (Å²) in [5.41, 5.74) is 3.16. The van der Waals surface area contributed by atoms with Gasteiger partial charge in [0.2, 0.25) is 5.91 Å². The van der Waals surface area contributed by atoms with Crippen LogP contribution in [0.15, 0.2) is 18.2 Å². The molecule has 1 aromatic rings. The van der Waals surface area contributed by atoms with Gasteiger partial charge in [-0.2, -0.15) is 0 Å². The molecule has 5 heteroatoms. The number of carboxylic acids is 1. The number of nitrogens with zero attached hydrogens (tertiary/aromatic N) is 1. The molecule has 1 amide bonds. The Kier molecular flexibility index (Phi) is 3.44. The number of benzene rings is 1. The van der Waals surface area contributed by atoms with Crippen LogP contribution in [0.1, 0.15) is 30.4 Å². The number of rotatable bonds is 3. The molecule has 1 aromatic carbocycles. The lowest BCUT2D eigenvalue weighted by atomic mass is 10.00. The van der Waals surface area contributed by atoms with Gasteiger partial charge < -0.3 is 10.4 Å². The molecule has 2 heterocycles. The second-order valence-corrected chi connectivity index (χ2v) is 5.51. The first kappa shape index (κ1) is 13.1. The zero-order valence-corrected chi connectivity index (χ0v) is 11.3. The normalized spacial score (nSPS) is 22.4. The zero-order chi connectivity index (χ0) is 14.1. The van der Waals surface area contributed by atoms with Crippen molar-refractivity contribution in [3.63, 3.8) is 0 Å². The Bertz CT molecular complexity index is 556. The SMILES string of the molecule is O=C1CCc2cc(CN3CCCC3C(=O)O)ccc2N1. The molecule has 106 valence electrons. The second-order valence-electron chi connectivity index (χ2n) is 5.51. The Morgan fingerprint density at radius 1 is 1.40 bits per heavy atom. The maximum atomic E-state index is 11.3. The number of hydrogen-bond acceptors (Lipinski definition) is 3. The van der Waals surface area contributed by atoms with Gasteiger partial charge in [0.25, 0.3) is 0 Å². The Balaban J connectivity index is 1.75. The van der Waals surface area contributed by atoms with Crippen molar-refractivity contribution in [1.29, 1.82) is 0 Å². The molecular formula is C15H18N2O3. The van der Waals surface area contributed by atoms with Crippen molar-refractivity contribution < 1.29 is 14.7 Å². The highest BCUT2D eigenvalue weighted by atomic mass is 16.4. The first-order valence-corrected chi connectivity index (χ1v) is 7.02. The molecule has 0 aromatic heterocycles. The summed E-state index contributed by atoms with van der Waals surface area (Å²) >= 11 is 0. The summed E-state index contributed by atoms with van der Waals surface area (Å²) in [4.78, 5) is 24.5. The fraction of sp³-hybridized carbons (Fsp3) is 0.467. The highest BCUT2D eigenvalue weighted by Gasteiger charge is 2.30. The monoisotopic (exact) mass is 274 g/mol. The lowest BCUT2D eigenvalue weighted by molar-refractivity contribution is -0.142. The van der Waals surface area contributed by atoms with Crippen LogP contribution in [-0.4, -0.2) is 34.5 Å². The second kappa shape index (κ2) is 5.25. The molecule has 1 atom stereocenters. The molecule has 20 heavy (non-hydrogen) atoms. The molecule has 1 fully saturated rings. The first-order valence-electron chi connectivity index (χ1n) is 7.02. The van der Waals surface area contributed by atoms with Crippen molar-refractivity contribution in [2.24, 2.45) is 0 Å². The third-order valence-electron chi connectivity index (χ3n) is 4.10. The van der Waals surface area contributed by atoms with E-state index in [0.717, 1.165) is 42.6 Å². The molecule has 0 bridgehead atoms. The third kappa shape index (κ3) is 2.54. The van der Waals surface area contributed by atoms with E-state index in [9.17, 15) is 14.7 Å². The van der Waals surface area contributed by atoms with Crippen LogP contribution in [-0.2, 0) is 22.6 Å². The molecule has 1 unspecified atom stereocenters. The minimum absolute atomic E-state index is 0.0655. The number of anilines is 1. The van der Waals surface area contributed by atoms with Crippen LogP contribution < -0.4 is 5.32 Å². The van der Waals surface area contributed by atoms with Gasteiger partial charge in [0.1, 0.15) is 6.04 Å². The van der Waals surface area contributed by atoms with Crippen LogP contribution >= 0.6 is 0 Å². The molecule has 1 saturated heterocycles. The molecule has 2 aliphatic heterocycles. The van der Waals surface area contributed by atoms with Gasteiger partial charge in [0.05, 0.1) is 0 Å². The average Bonchev–Trinajstić information content (AvgIpc) is 2.87. The Hall–Kier alpha value is -1.88. The third-order valence-corrected chi connectivity index (χ3v) is 4.10. The highest BCUT2D eigenvalue weighted by Crippen LogP contribution is 2.26. The van der Waals surface area contributed by atoms with Crippen molar-refractivity contribution in [3.05, 3.63) is 29.3 Å². The smallest absolute Gasteiger partial charge is 0.320 e. The maximum Gasteiger partial charge on any atom is 0.320 e. The van der Waals surface area contributed by atoms with E-state index >= 15 is 0 Å². The largest absolute Gasteiger partial charge is 0.480 e. The molecule has 0 aliphatic carbocycles. The average molecular weight is 274 g/mol. The number of carbonyl (C=O) groups excluding carboxylic acids is 1. The van der Waals surface area contributed by atoms with Gasteiger partial charge in [0, 0.05) is 18.7 Å². The van der Waals surface area contributed by atoms with Crippen LogP contribution in [0.3, 0.4) is 0 Å². The van der Waals surface area contributed by atoms with E-state index in [-0.39, 0.29) is 11.9 Å². The van der Waals surface area contributed by atoms with Gasteiger partial charge in [-0.15, -0.1) is 0 Å². The number of carboxylic acid groups (broad SMARTS) is 1. The summed E-state index contributed by atoms with van der Waals surface area (Å²) < 4.78 is 0. The molecule has 5 nitrogen and oxygen atoms in total. The van der Waals surface area contributed by atoms with Gasteiger partial charge in [-0.25, -0.2) is 0 Å². The number of aryl methyl sites for hydroxylation is 1. The number of likely N-dealkylation sites (tertiary alicyclic amines) is 1. The molecule has 3 rings (SSSR count). The summed E-state index contributed by atoms with van der Waals surface area (Å²) in [5.74, 6) is -0.663. The van der Waals surface area contributed by atoms with Crippen molar-refractivity contribution in [2.75, 3.05) is 11.9 Å². The van der Waals surface area contributed by atoms with Gasteiger partial charge >= 0.3 is 5.97 Å². The van der Waals surface area contributed by atoms with E-state index < -0.39 is 5.97 Å². The van der Waals surface area contributed by atoms with Gasteiger partial charge in [-0.05, 0) is 43.0 Å². The van der Waals surface area contributed by atoms with E-state index in [1.54, 1.807) is 0 Å². The van der Waals surface area contributed by atoms with E-state index in [1.807, 2.05) is 17.0 Å². The summed E-state index contributed by atoms with van der Waals surface area (Å²) in [6.07, 6.45) is 2.96. The van der Waals surface area contributed by atoms with Crippen LogP contribution in [0.5, 0.6) is 0 Å². The fourth-order valence-electron chi connectivity index (χ4n) is 3.06. The van der Waals surface area contributed by atoms with Crippen molar-refractivity contribution in [2.45, 2.75) is 38.3 Å². The minimum atomic E-state index is -0.729. The quantitative estimate of drug-likeness (QED) is 0.878. The van der Waals surface area contributed by atoms with E-state index in [2.05, 4.69) is 11.4 Å². The Morgan fingerprint density at radius 2 is 2.25 bits per heavy atom. The number of carbonyl (C=O) groups is 2. The number of amides is 1. The minimum Gasteiger partial charge on any atom is -0.480 e. The summed E-state index contributed by atoms with van der Waals surface area (Å²) in [7, 11) is 0. The van der Waals surface area contributed by atoms with Crippen molar-refractivity contribution in [1.82, 2.24) is 4.90 Å². The van der Waals surface area contributed by atoms with Gasteiger partial charge in [-0.3, -0.25) is 14.5 Å². The van der Waals surface area contributed by atoms with Gasteiger partial charge in [-0.1, -0.05) is 12.1 Å². The van der Waals surface area contributed by atoms with Crippen LogP contribution in [0.2, 0.25) is 0 Å². The van der Waals surface area contributed by atoms with Crippen LogP contribution in [0.4, 0.5) is 5.69 Å². The zero-order valence-electron chi connectivity index (χ0n) is 11.3. The van der Waals surface area contributed by atoms with E-state index in [0.29, 0.717) is 13.0 Å². The van der Waals surface area contributed by atoms with Crippen molar-refractivity contribution in [3.8, 4) is 0 Å². The predicted octanol–water partition coefficient (Wildman–Crippen LogP) is 1.62. The van der Waals surface area contributed by atoms with Gasteiger partial charge in [0.15, 0.2) is 0 Å². The van der Waals surface area contributed by atoms with E-state index in [4.69, 9.17) is 0 Å². The van der Waals surface area contributed by atoms with Crippen molar-refractivity contribution >= 4 is 17.6 Å². The highest BCUT2D eigenvalue weighted by molar-refractivity contribution is 5.93.